The van der Waals surface area contributed by atoms with Gasteiger partial charge < -0.3 is 11.1 Å². The molecule has 88 valence electrons. The van der Waals surface area contributed by atoms with Crippen molar-refractivity contribution in [1.29, 1.82) is 0 Å². The molecule has 16 heavy (non-hydrogen) atoms. The molecule has 0 saturated heterocycles. The topological polar surface area (TPSA) is 55.1 Å². The van der Waals surface area contributed by atoms with E-state index in [2.05, 4.69) is 12.2 Å². The summed E-state index contributed by atoms with van der Waals surface area (Å²) in [6.45, 7) is 4.54. The molecular formula is C13H20N2O. The maximum absolute atomic E-state index is 11.7. The molecule has 1 aromatic carbocycles. The maximum Gasteiger partial charge on any atom is 0.227 e. The van der Waals surface area contributed by atoms with Crippen molar-refractivity contribution in [3.8, 4) is 0 Å². The van der Waals surface area contributed by atoms with Crippen molar-refractivity contribution in [2.75, 3.05) is 11.9 Å². The van der Waals surface area contributed by atoms with Crippen LogP contribution in [0.1, 0.15) is 25.8 Å². The van der Waals surface area contributed by atoms with Crippen molar-refractivity contribution in [3.05, 3.63) is 29.8 Å². The van der Waals surface area contributed by atoms with E-state index in [-0.39, 0.29) is 11.8 Å². The van der Waals surface area contributed by atoms with Crippen molar-refractivity contribution in [2.45, 2.75) is 26.7 Å². The van der Waals surface area contributed by atoms with E-state index in [0.29, 0.717) is 6.54 Å². The molecule has 1 atom stereocenters. The van der Waals surface area contributed by atoms with Crippen molar-refractivity contribution >= 4 is 11.6 Å². The smallest absolute Gasteiger partial charge is 0.227 e. The molecule has 1 rings (SSSR count). The zero-order valence-electron chi connectivity index (χ0n) is 9.99. The number of carbonyl (C=O) groups is 1. The lowest BCUT2D eigenvalue weighted by molar-refractivity contribution is -0.119. The highest BCUT2D eigenvalue weighted by Crippen LogP contribution is 2.12. The van der Waals surface area contributed by atoms with Crippen molar-refractivity contribution in [3.63, 3.8) is 0 Å². The molecule has 1 aromatic rings. The minimum atomic E-state index is -0.0316. The number of rotatable bonds is 5. The second-order valence-electron chi connectivity index (χ2n) is 4.02. The van der Waals surface area contributed by atoms with Gasteiger partial charge in [-0.25, -0.2) is 0 Å². The Morgan fingerprint density at radius 2 is 2.00 bits per heavy atom. The first-order valence-electron chi connectivity index (χ1n) is 5.77. The van der Waals surface area contributed by atoms with E-state index in [0.717, 1.165) is 18.5 Å². The van der Waals surface area contributed by atoms with Gasteiger partial charge in [-0.05, 0) is 37.1 Å². The molecule has 3 heteroatoms. The number of amides is 1. The van der Waals surface area contributed by atoms with Gasteiger partial charge >= 0.3 is 0 Å². The number of nitrogens with one attached hydrogen (secondary N) is 1. The molecule has 1 unspecified atom stereocenters. The largest absolute Gasteiger partial charge is 0.330 e. The highest BCUT2D eigenvalue weighted by Gasteiger charge is 2.11. The summed E-state index contributed by atoms with van der Waals surface area (Å²) < 4.78 is 0. The minimum absolute atomic E-state index is 0.0316. The lowest BCUT2D eigenvalue weighted by atomic mass is 10.1. The normalized spacial score (nSPS) is 12.2. The molecule has 0 spiro atoms. The van der Waals surface area contributed by atoms with E-state index in [4.69, 9.17) is 5.73 Å². The van der Waals surface area contributed by atoms with Gasteiger partial charge in [0, 0.05) is 11.6 Å². The quantitative estimate of drug-likeness (QED) is 0.799. The number of aryl methyl sites for hydroxylation is 1. The average molecular weight is 220 g/mol. The van der Waals surface area contributed by atoms with E-state index in [1.54, 1.807) is 0 Å². The standard InChI is InChI=1S/C13H20N2O/c1-3-11-4-6-12(7-5-11)15-13(16)10(2)8-9-14/h4-7,10H,3,8-9,14H2,1-2H3,(H,15,16). The van der Waals surface area contributed by atoms with Gasteiger partial charge in [0.25, 0.3) is 0 Å². The molecule has 0 heterocycles. The monoisotopic (exact) mass is 220 g/mol. The van der Waals surface area contributed by atoms with Gasteiger partial charge in [0.15, 0.2) is 0 Å². The second-order valence-corrected chi connectivity index (χ2v) is 4.02. The molecule has 1 amide bonds. The molecule has 3 nitrogen and oxygen atoms in total. The lowest BCUT2D eigenvalue weighted by Gasteiger charge is -2.11. The van der Waals surface area contributed by atoms with Gasteiger partial charge in [0.05, 0.1) is 0 Å². The van der Waals surface area contributed by atoms with Crippen LogP contribution in [0.25, 0.3) is 0 Å². The Morgan fingerprint density at radius 3 is 2.50 bits per heavy atom. The van der Waals surface area contributed by atoms with Crippen LogP contribution in [0, 0.1) is 5.92 Å². The molecule has 0 aliphatic heterocycles. The zero-order valence-corrected chi connectivity index (χ0v) is 9.99. The predicted octanol–water partition coefficient (Wildman–Crippen LogP) is 2.17. The van der Waals surface area contributed by atoms with Gasteiger partial charge in [-0.15, -0.1) is 0 Å². The number of anilines is 1. The maximum atomic E-state index is 11.7. The van der Waals surface area contributed by atoms with Gasteiger partial charge in [-0.1, -0.05) is 26.0 Å². The summed E-state index contributed by atoms with van der Waals surface area (Å²) in [5, 5.41) is 2.88. The van der Waals surface area contributed by atoms with Crippen molar-refractivity contribution in [1.82, 2.24) is 0 Å². The van der Waals surface area contributed by atoms with E-state index >= 15 is 0 Å². The highest BCUT2D eigenvalue weighted by molar-refractivity contribution is 5.92. The zero-order chi connectivity index (χ0) is 12.0. The first-order chi connectivity index (χ1) is 7.67. The van der Waals surface area contributed by atoms with Gasteiger partial charge in [-0.2, -0.15) is 0 Å². The second kappa shape index (κ2) is 6.28. The van der Waals surface area contributed by atoms with E-state index in [9.17, 15) is 4.79 Å². The Kier molecular flexibility index (Phi) is 4.99. The Balaban J connectivity index is 2.55. The number of hydrogen-bond donors (Lipinski definition) is 2. The van der Waals surface area contributed by atoms with Crippen molar-refractivity contribution < 1.29 is 4.79 Å². The van der Waals surface area contributed by atoms with Gasteiger partial charge in [-0.3, -0.25) is 4.79 Å². The molecule has 0 saturated carbocycles. The van der Waals surface area contributed by atoms with Gasteiger partial charge in [0.2, 0.25) is 5.91 Å². The van der Waals surface area contributed by atoms with Crippen LogP contribution in [-0.2, 0) is 11.2 Å². The number of nitrogens with two attached hydrogens (primary N) is 1. The van der Waals surface area contributed by atoms with Crippen LogP contribution in [0.4, 0.5) is 5.69 Å². The summed E-state index contributed by atoms with van der Waals surface area (Å²) in [6.07, 6.45) is 1.73. The first-order valence-corrected chi connectivity index (χ1v) is 5.77. The molecule has 0 fully saturated rings. The summed E-state index contributed by atoms with van der Waals surface area (Å²) in [5.74, 6) is 0.00514. The fourth-order valence-corrected chi connectivity index (χ4v) is 1.47. The Bertz CT molecular complexity index is 332. The Labute approximate surface area is 97.0 Å². The van der Waals surface area contributed by atoms with Crippen LogP contribution in [0.15, 0.2) is 24.3 Å². The number of carbonyl (C=O) groups excluding carboxylic acids is 1. The van der Waals surface area contributed by atoms with Crippen LogP contribution in [0.2, 0.25) is 0 Å². The van der Waals surface area contributed by atoms with Crippen LogP contribution in [0.3, 0.4) is 0 Å². The molecule has 0 aromatic heterocycles. The van der Waals surface area contributed by atoms with E-state index in [1.165, 1.54) is 5.56 Å². The molecule has 3 N–H and O–H groups in total. The summed E-state index contributed by atoms with van der Waals surface area (Å²) in [6, 6.07) is 7.93. The fraction of sp³-hybridized carbons (Fsp3) is 0.462. The van der Waals surface area contributed by atoms with E-state index < -0.39 is 0 Å². The van der Waals surface area contributed by atoms with Gasteiger partial charge in [0.1, 0.15) is 0 Å². The van der Waals surface area contributed by atoms with Crippen LogP contribution < -0.4 is 11.1 Å². The third-order valence-electron chi connectivity index (χ3n) is 2.68. The Morgan fingerprint density at radius 1 is 1.38 bits per heavy atom. The lowest BCUT2D eigenvalue weighted by Crippen LogP contribution is -2.22. The molecule has 0 aliphatic rings. The molecule has 0 radical (unpaired) electrons. The summed E-state index contributed by atoms with van der Waals surface area (Å²) in [5.41, 5.74) is 7.54. The SMILES string of the molecule is CCc1ccc(NC(=O)C(C)CCN)cc1. The summed E-state index contributed by atoms with van der Waals surface area (Å²) in [4.78, 5) is 11.7. The molecule has 0 bridgehead atoms. The van der Waals surface area contributed by atoms with Crippen LogP contribution >= 0.6 is 0 Å². The fourth-order valence-electron chi connectivity index (χ4n) is 1.47. The highest BCUT2D eigenvalue weighted by atomic mass is 16.1. The van der Waals surface area contributed by atoms with Crippen LogP contribution in [-0.4, -0.2) is 12.5 Å². The predicted molar refractivity (Wildman–Crippen MR) is 67.3 cm³/mol. The molecule has 0 aliphatic carbocycles. The van der Waals surface area contributed by atoms with Crippen LogP contribution in [0.5, 0.6) is 0 Å². The third kappa shape index (κ3) is 3.66. The number of benzene rings is 1. The first kappa shape index (κ1) is 12.7. The minimum Gasteiger partial charge on any atom is -0.330 e. The number of hydrogen-bond acceptors (Lipinski definition) is 2. The van der Waals surface area contributed by atoms with Crippen molar-refractivity contribution in [2.24, 2.45) is 11.7 Å². The summed E-state index contributed by atoms with van der Waals surface area (Å²) in [7, 11) is 0. The summed E-state index contributed by atoms with van der Waals surface area (Å²) >= 11 is 0. The third-order valence-corrected chi connectivity index (χ3v) is 2.68. The van der Waals surface area contributed by atoms with E-state index in [1.807, 2.05) is 31.2 Å². The Hall–Kier alpha value is -1.35. The molecular weight excluding hydrogens is 200 g/mol. The average Bonchev–Trinajstić information content (AvgIpc) is 2.30.